The third kappa shape index (κ3) is 4.86. The highest BCUT2D eigenvalue weighted by atomic mass is 35.5. The number of carbonyl (C=O) groups is 1. The van der Waals surface area contributed by atoms with Crippen LogP contribution in [-0.4, -0.2) is 25.0 Å². The second kappa shape index (κ2) is 9.00. The number of nitrogens with zero attached hydrogens (tertiary/aromatic N) is 1. The Hall–Kier alpha value is -2.27. The van der Waals surface area contributed by atoms with Crippen molar-refractivity contribution in [2.45, 2.75) is 20.8 Å². The molecular formula is C17H22ClN3O2. The number of halogens is 1. The zero-order valence-electron chi connectivity index (χ0n) is 14.0. The second-order valence-corrected chi connectivity index (χ2v) is 4.85. The van der Waals surface area contributed by atoms with Crippen LogP contribution in [0.2, 0.25) is 5.15 Å². The molecule has 124 valence electrons. The molecule has 23 heavy (non-hydrogen) atoms. The van der Waals surface area contributed by atoms with E-state index >= 15 is 0 Å². The van der Waals surface area contributed by atoms with Gasteiger partial charge in [-0.25, -0.2) is 4.98 Å². The minimum Gasteiger partial charge on any atom is -0.495 e. The lowest BCUT2D eigenvalue weighted by Crippen LogP contribution is -2.19. The first-order valence-electron chi connectivity index (χ1n) is 7.34. The maximum absolute atomic E-state index is 11.9. The standard InChI is InChI=1S/C15H16ClN3O2.C2H6/c1-9-4-5-11(13(6-9)21-3)19-12-7-14(16)18-8-10(12)15(20)17-2;1-2/h4-8H,1-3H3,(H,17,20)(H,18,19);1-2H3. The van der Waals surface area contributed by atoms with Crippen LogP contribution in [0.15, 0.2) is 30.5 Å². The molecule has 0 aliphatic carbocycles. The molecule has 2 N–H and O–H groups in total. The normalized spacial score (nSPS) is 9.48. The maximum atomic E-state index is 11.9. The van der Waals surface area contributed by atoms with Crippen LogP contribution in [0, 0.1) is 6.92 Å². The van der Waals surface area contributed by atoms with E-state index in [4.69, 9.17) is 16.3 Å². The molecule has 0 saturated carbocycles. The summed E-state index contributed by atoms with van der Waals surface area (Å²) in [6.07, 6.45) is 1.43. The molecule has 0 unspecified atom stereocenters. The molecule has 1 amide bonds. The van der Waals surface area contributed by atoms with Gasteiger partial charge in [0.2, 0.25) is 0 Å². The van der Waals surface area contributed by atoms with E-state index in [0.29, 0.717) is 22.2 Å². The summed E-state index contributed by atoms with van der Waals surface area (Å²) < 4.78 is 5.34. The van der Waals surface area contributed by atoms with Crippen molar-refractivity contribution in [2.24, 2.45) is 0 Å². The number of rotatable bonds is 4. The zero-order chi connectivity index (χ0) is 17.4. The molecule has 1 aromatic carbocycles. The van der Waals surface area contributed by atoms with Crippen molar-refractivity contribution < 1.29 is 9.53 Å². The van der Waals surface area contributed by atoms with Gasteiger partial charge in [-0.2, -0.15) is 0 Å². The zero-order valence-corrected chi connectivity index (χ0v) is 14.8. The van der Waals surface area contributed by atoms with Gasteiger partial charge in [0.1, 0.15) is 10.9 Å². The number of amides is 1. The average molecular weight is 336 g/mol. The number of aryl methyl sites for hydroxylation is 1. The number of nitrogens with one attached hydrogen (secondary N) is 2. The summed E-state index contributed by atoms with van der Waals surface area (Å²) in [6.45, 7) is 5.98. The Morgan fingerprint density at radius 1 is 1.22 bits per heavy atom. The minimum atomic E-state index is -0.243. The second-order valence-electron chi connectivity index (χ2n) is 4.46. The van der Waals surface area contributed by atoms with Gasteiger partial charge >= 0.3 is 0 Å². The monoisotopic (exact) mass is 335 g/mol. The Balaban J connectivity index is 0.00000127. The molecule has 2 aromatic rings. The fourth-order valence-electron chi connectivity index (χ4n) is 1.90. The molecule has 0 spiro atoms. The van der Waals surface area contributed by atoms with Crippen LogP contribution in [-0.2, 0) is 0 Å². The highest BCUT2D eigenvalue weighted by Crippen LogP contribution is 2.30. The first-order valence-corrected chi connectivity index (χ1v) is 7.72. The molecule has 0 saturated heterocycles. The van der Waals surface area contributed by atoms with E-state index in [0.717, 1.165) is 11.3 Å². The van der Waals surface area contributed by atoms with Gasteiger partial charge in [0.25, 0.3) is 5.91 Å². The highest BCUT2D eigenvalue weighted by Gasteiger charge is 2.13. The Kier molecular flexibility index (Phi) is 7.35. The predicted molar refractivity (Wildman–Crippen MR) is 95.0 cm³/mol. The molecule has 1 aromatic heterocycles. The molecule has 2 rings (SSSR count). The number of carbonyl (C=O) groups excluding carboxylic acids is 1. The fourth-order valence-corrected chi connectivity index (χ4v) is 2.05. The first kappa shape index (κ1) is 18.8. The molecule has 0 aliphatic heterocycles. The van der Waals surface area contributed by atoms with Crippen LogP contribution < -0.4 is 15.4 Å². The first-order chi connectivity index (χ1) is 11.0. The van der Waals surface area contributed by atoms with Crippen LogP contribution >= 0.6 is 11.6 Å². The van der Waals surface area contributed by atoms with E-state index in [1.165, 1.54) is 6.20 Å². The van der Waals surface area contributed by atoms with Gasteiger partial charge in [-0.1, -0.05) is 31.5 Å². The van der Waals surface area contributed by atoms with Gasteiger partial charge in [-0.15, -0.1) is 0 Å². The smallest absolute Gasteiger partial charge is 0.254 e. The van der Waals surface area contributed by atoms with Gasteiger partial charge in [-0.05, 0) is 30.7 Å². The number of benzene rings is 1. The summed E-state index contributed by atoms with van der Waals surface area (Å²) >= 11 is 5.92. The lowest BCUT2D eigenvalue weighted by atomic mass is 10.1. The molecule has 6 heteroatoms. The summed E-state index contributed by atoms with van der Waals surface area (Å²) in [7, 11) is 3.16. The van der Waals surface area contributed by atoms with Crippen LogP contribution in [0.5, 0.6) is 5.75 Å². The van der Waals surface area contributed by atoms with Gasteiger partial charge < -0.3 is 15.4 Å². The number of ether oxygens (including phenoxy) is 1. The number of anilines is 2. The SMILES string of the molecule is CC.CNC(=O)c1cnc(Cl)cc1Nc1ccc(C)cc1OC. The summed E-state index contributed by atoms with van der Waals surface area (Å²) in [4.78, 5) is 15.8. The topological polar surface area (TPSA) is 63.2 Å². The third-order valence-electron chi connectivity index (χ3n) is 2.97. The molecule has 1 heterocycles. The number of pyridine rings is 1. The van der Waals surface area contributed by atoms with Gasteiger partial charge in [-0.3, -0.25) is 4.79 Å². The van der Waals surface area contributed by atoms with Gasteiger partial charge in [0.05, 0.1) is 24.0 Å². The Labute approximate surface area is 142 Å². The molecule has 0 fully saturated rings. The fraction of sp³-hybridized carbons (Fsp3) is 0.294. The van der Waals surface area contributed by atoms with Gasteiger partial charge in [0.15, 0.2) is 0 Å². The van der Waals surface area contributed by atoms with E-state index in [2.05, 4.69) is 15.6 Å². The highest BCUT2D eigenvalue weighted by molar-refractivity contribution is 6.29. The molecule has 0 radical (unpaired) electrons. The molecular weight excluding hydrogens is 314 g/mol. The van der Waals surface area contributed by atoms with Crippen LogP contribution in [0.25, 0.3) is 0 Å². The molecule has 0 bridgehead atoms. The van der Waals surface area contributed by atoms with Crippen LogP contribution in [0.3, 0.4) is 0 Å². The largest absolute Gasteiger partial charge is 0.495 e. The van der Waals surface area contributed by atoms with Crippen molar-refractivity contribution in [3.63, 3.8) is 0 Å². The molecule has 0 aliphatic rings. The van der Waals surface area contributed by atoms with E-state index in [9.17, 15) is 4.79 Å². The van der Waals surface area contributed by atoms with Gasteiger partial charge in [0, 0.05) is 13.2 Å². The quantitative estimate of drug-likeness (QED) is 0.823. The summed E-state index contributed by atoms with van der Waals surface area (Å²) in [6, 6.07) is 7.35. The Morgan fingerprint density at radius 3 is 2.52 bits per heavy atom. The van der Waals surface area contributed by atoms with Crippen molar-refractivity contribution in [1.82, 2.24) is 10.3 Å². The summed E-state index contributed by atoms with van der Waals surface area (Å²) in [5.41, 5.74) is 2.80. The number of methoxy groups -OCH3 is 1. The predicted octanol–water partition coefficient (Wildman–Crippen LogP) is 4.18. The van der Waals surface area contributed by atoms with Crippen molar-refractivity contribution >= 4 is 28.9 Å². The lowest BCUT2D eigenvalue weighted by Gasteiger charge is -2.14. The molecule has 5 nitrogen and oxygen atoms in total. The number of hydrogen-bond donors (Lipinski definition) is 2. The van der Waals surface area contributed by atoms with Crippen molar-refractivity contribution in [3.05, 3.63) is 46.7 Å². The number of hydrogen-bond acceptors (Lipinski definition) is 4. The third-order valence-corrected chi connectivity index (χ3v) is 3.18. The van der Waals surface area contributed by atoms with Crippen LogP contribution in [0.4, 0.5) is 11.4 Å². The van der Waals surface area contributed by atoms with Crippen LogP contribution in [0.1, 0.15) is 29.8 Å². The van der Waals surface area contributed by atoms with Crippen molar-refractivity contribution in [1.29, 1.82) is 0 Å². The van der Waals surface area contributed by atoms with E-state index in [-0.39, 0.29) is 5.91 Å². The maximum Gasteiger partial charge on any atom is 0.254 e. The summed E-state index contributed by atoms with van der Waals surface area (Å²) in [5, 5.41) is 6.04. The molecule has 0 atom stereocenters. The Morgan fingerprint density at radius 2 is 1.91 bits per heavy atom. The minimum absolute atomic E-state index is 0.243. The van der Waals surface area contributed by atoms with Crippen molar-refractivity contribution in [3.8, 4) is 5.75 Å². The van der Waals surface area contributed by atoms with E-state index < -0.39 is 0 Å². The average Bonchev–Trinajstić information content (AvgIpc) is 2.57. The van der Waals surface area contributed by atoms with Crippen molar-refractivity contribution in [2.75, 3.05) is 19.5 Å². The van der Waals surface area contributed by atoms with E-state index in [1.807, 2.05) is 39.0 Å². The van der Waals surface area contributed by atoms with E-state index in [1.54, 1.807) is 20.2 Å². The number of aromatic nitrogens is 1. The lowest BCUT2D eigenvalue weighted by molar-refractivity contribution is 0.0963. The Bertz CT molecular complexity index is 675. The summed E-state index contributed by atoms with van der Waals surface area (Å²) in [5.74, 6) is 0.443.